The zero-order valence-corrected chi connectivity index (χ0v) is 9.58. The van der Waals surface area contributed by atoms with Crippen molar-refractivity contribution in [3.05, 3.63) is 12.8 Å². The van der Waals surface area contributed by atoms with Gasteiger partial charge in [0.15, 0.2) is 0 Å². The SMILES string of the molecule is C=COCCCNC1CCCCC1CN. The van der Waals surface area contributed by atoms with E-state index >= 15 is 0 Å². The molecule has 0 amide bonds. The van der Waals surface area contributed by atoms with E-state index in [0.717, 1.165) is 26.1 Å². The highest BCUT2D eigenvalue weighted by Crippen LogP contribution is 2.23. The van der Waals surface area contributed by atoms with Crippen LogP contribution in [0.2, 0.25) is 0 Å². The van der Waals surface area contributed by atoms with E-state index in [9.17, 15) is 0 Å². The van der Waals surface area contributed by atoms with E-state index in [1.165, 1.54) is 31.9 Å². The Balaban J connectivity index is 2.09. The number of nitrogens with one attached hydrogen (secondary N) is 1. The van der Waals surface area contributed by atoms with Crippen LogP contribution in [-0.4, -0.2) is 25.7 Å². The second kappa shape index (κ2) is 7.71. The molecule has 0 saturated heterocycles. The predicted octanol–water partition coefficient (Wildman–Crippen LogP) is 1.64. The van der Waals surface area contributed by atoms with Crippen LogP contribution in [0.5, 0.6) is 0 Å². The maximum Gasteiger partial charge on any atom is 0.0885 e. The van der Waals surface area contributed by atoms with Crippen LogP contribution in [0.4, 0.5) is 0 Å². The predicted molar refractivity (Wildman–Crippen MR) is 63.6 cm³/mol. The van der Waals surface area contributed by atoms with Gasteiger partial charge in [-0.2, -0.15) is 0 Å². The summed E-state index contributed by atoms with van der Waals surface area (Å²) in [7, 11) is 0. The second-order valence-electron chi connectivity index (χ2n) is 4.23. The third-order valence-electron chi connectivity index (χ3n) is 3.18. The summed E-state index contributed by atoms with van der Waals surface area (Å²) < 4.78 is 5.08. The Morgan fingerprint density at radius 1 is 1.40 bits per heavy atom. The van der Waals surface area contributed by atoms with Gasteiger partial charge in [0.25, 0.3) is 0 Å². The van der Waals surface area contributed by atoms with Gasteiger partial charge in [0, 0.05) is 6.04 Å². The molecule has 1 fully saturated rings. The highest BCUT2D eigenvalue weighted by molar-refractivity contribution is 4.81. The second-order valence-corrected chi connectivity index (χ2v) is 4.23. The van der Waals surface area contributed by atoms with E-state index in [1.807, 2.05) is 0 Å². The van der Waals surface area contributed by atoms with Crippen molar-refractivity contribution in [1.29, 1.82) is 0 Å². The maximum absolute atomic E-state index is 5.77. The zero-order chi connectivity index (χ0) is 10.9. The number of rotatable bonds is 7. The van der Waals surface area contributed by atoms with E-state index in [2.05, 4.69) is 11.9 Å². The Kier molecular flexibility index (Phi) is 6.44. The molecule has 0 aromatic carbocycles. The van der Waals surface area contributed by atoms with E-state index in [1.54, 1.807) is 0 Å². The molecule has 3 heteroatoms. The Morgan fingerprint density at radius 2 is 2.20 bits per heavy atom. The molecule has 0 heterocycles. The summed E-state index contributed by atoms with van der Waals surface area (Å²) in [4.78, 5) is 0. The van der Waals surface area contributed by atoms with Crippen LogP contribution >= 0.6 is 0 Å². The lowest BCUT2D eigenvalue weighted by atomic mass is 9.84. The molecule has 2 atom stereocenters. The van der Waals surface area contributed by atoms with Gasteiger partial charge in [-0.05, 0) is 38.3 Å². The van der Waals surface area contributed by atoms with Crippen molar-refractivity contribution < 1.29 is 4.74 Å². The summed E-state index contributed by atoms with van der Waals surface area (Å²) in [6.45, 7) is 6.12. The Hall–Kier alpha value is -0.540. The molecule has 1 rings (SSSR count). The van der Waals surface area contributed by atoms with Crippen LogP contribution in [0.3, 0.4) is 0 Å². The highest BCUT2D eigenvalue weighted by atomic mass is 16.5. The van der Waals surface area contributed by atoms with Gasteiger partial charge in [0.2, 0.25) is 0 Å². The molecule has 0 aliphatic heterocycles. The quantitative estimate of drug-likeness (QED) is 0.498. The minimum atomic E-state index is 0.632. The third kappa shape index (κ3) is 4.67. The van der Waals surface area contributed by atoms with Crippen LogP contribution < -0.4 is 11.1 Å². The summed E-state index contributed by atoms with van der Waals surface area (Å²) in [5.74, 6) is 0.680. The Bertz CT molecular complexity index is 173. The number of nitrogens with two attached hydrogens (primary N) is 1. The molecule has 3 nitrogen and oxygen atoms in total. The van der Waals surface area contributed by atoms with E-state index in [4.69, 9.17) is 10.5 Å². The topological polar surface area (TPSA) is 47.3 Å². The van der Waals surface area contributed by atoms with Crippen molar-refractivity contribution in [3.8, 4) is 0 Å². The van der Waals surface area contributed by atoms with Crippen LogP contribution in [0, 0.1) is 5.92 Å². The molecule has 1 aliphatic carbocycles. The molecule has 1 aliphatic rings. The summed E-state index contributed by atoms with van der Waals surface area (Å²) in [5.41, 5.74) is 5.77. The summed E-state index contributed by atoms with van der Waals surface area (Å²) in [6.07, 6.45) is 7.81. The van der Waals surface area contributed by atoms with Gasteiger partial charge in [-0.1, -0.05) is 19.4 Å². The lowest BCUT2D eigenvalue weighted by Crippen LogP contribution is -2.42. The first-order chi connectivity index (χ1) is 7.38. The van der Waals surface area contributed by atoms with Crippen LogP contribution in [0.25, 0.3) is 0 Å². The van der Waals surface area contributed by atoms with Gasteiger partial charge in [0.1, 0.15) is 0 Å². The molecule has 3 N–H and O–H groups in total. The first kappa shape index (κ1) is 12.5. The third-order valence-corrected chi connectivity index (χ3v) is 3.18. The minimum Gasteiger partial charge on any atom is -0.502 e. The zero-order valence-electron chi connectivity index (χ0n) is 9.58. The van der Waals surface area contributed by atoms with Crippen LogP contribution in [-0.2, 0) is 4.74 Å². The largest absolute Gasteiger partial charge is 0.502 e. The van der Waals surface area contributed by atoms with Crippen molar-refractivity contribution >= 4 is 0 Å². The Labute approximate surface area is 93.1 Å². The molecule has 0 aromatic rings. The van der Waals surface area contributed by atoms with E-state index in [-0.39, 0.29) is 0 Å². The smallest absolute Gasteiger partial charge is 0.0885 e. The van der Waals surface area contributed by atoms with Crippen LogP contribution in [0.15, 0.2) is 12.8 Å². The van der Waals surface area contributed by atoms with Crippen molar-refractivity contribution in [2.75, 3.05) is 19.7 Å². The van der Waals surface area contributed by atoms with Gasteiger partial charge < -0.3 is 15.8 Å². The molecule has 1 saturated carbocycles. The van der Waals surface area contributed by atoms with Crippen LogP contribution in [0.1, 0.15) is 32.1 Å². The van der Waals surface area contributed by atoms with E-state index in [0.29, 0.717) is 12.0 Å². The van der Waals surface area contributed by atoms with Gasteiger partial charge in [-0.3, -0.25) is 0 Å². The monoisotopic (exact) mass is 212 g/mol. The molecular weight excluding hydrogens is 188 g/mol. The average Bonchev–Trinajstić information content (AvgIpc) is 2.29. The molecule has 0 spiro atoms. The molecule has 2 unspecified atom stereocenters. The van der Waals surface area contributed by atoms with Crippen molar-refractivity contribution in [3.63, 3.8) is 0 Å². The fourth-order valence-corrected chi connectivity index (χ4v) is 2.28. The normalized spacial score (nSPS) is 26.2. The highest BCUT2D eigenvalue weighted by Gasteiger charge is 2.22. The van der Waals surface area contributed by atoms with Gasteiger partial charge in [-0.25, -0.2) is 0 Å². The maximum atomic E-state index is 5.77. The number of hydrogen-bond acceptors (Lipinski definition) is 3. The fourth-order valence-electron chi connectivity index (χ4n) is 2.28. The molecule has 0 aromatic heterocycles. The molecule has 15 heavy (non-hydrogen) atoms. The lowest BCUT2D eigenvalue weighted by Gasteiger charge is -2.31. The molecule has 88 valence electrons. The number of hydrogen-bond donors (Lipinski definition) is 2. The standard InChI is InChI=1S/C12H24N2O/c1-2-15-9-5-8-14-12-7-4-3-6-11(12)10-13/h2,11-12,14H,1,3-10,13H2. The average molecular weight is 212 g/mol. The van der Waals surface area contributed by atoms with Gasteiger partial charge in [0.05, 0.1) is 12.9 Å². The summed E-state index contributed by atoms with van der Waals surface area (Å²) in [6, 6.07) is 0.632. The van der Waals surface area contributed by atoms with Gasteiger partial charge in [-0.15, -0.1) is 0 Å². The number of ether oxygens (including phenoxy) is 1. The molecular formula is C12H24N2O. The summed E-state index contributed by atoms with van der Waals surface area (Å²) >= 11 is 0. The molecule has 0 bridgehead atoms. The van der Waals surface area contributed by atoms with Crippen molar-refractivity contribution in [1.82, 2.24) is 5.32 Å². The van der Waals surface area contributed by atoms with Crippen molar-refractivity contribution in [2.24, 2.45) is 11.7 Å². The fraction of sp³-hybridized carbons (Fsp3) is 0.833. The minimum absolute atomic E-state index is 0.632. The first-order valence-electron chi connectivity index (χ1n) is 6.04. The van der Waals surface area contributed by atoms with E-state index < -0.39 is 0 Å². The Morgan fingerprint density at radius 3 is 2.93 bits per heavy atom. The lowest BCUT2D eigenvalue weighted by molar-refractivity contribution is 0.228. The van der Waals surface area contributed by atoms with Crippen molar-refractivity contribution in [2.45, 2.75) is 38.1 Å². The summed E-state index contributed by atoms with van der Waals surface area (Å²) in [5, 5.41) is 3.59. The first-order valence-corrected chi connectivity index (χ1v) is 6.04. The molecule has 0 radical (unpaired) electrons. The van der Waals surface area contributed by atoms with Gasteiger partial charge >= 0.3 is 0 Å².